The van der Waals surface area contributed by atoms with Crippen molar-refractivity contribution in [2.24, 2.45) is 46.3 Å². The molecule has 1 unspecified atom stereocenters. The molecule has 0 aliphatic heterocycles. The smallest absolute Gasteiger partial charge is 0.0863 e. The average Bonchev–Trinajstić information content (AvgIpc) is 2.95. The van der Waals surface area contributed by atoms with Crippen LogP contribution in [0.4, 0.5) is 0 Å². The summed E-state index contributed by atoms with van der Waals surface area (Å²) in [5.74, 6) is -0.211. The van der Waals surface area contributed by atoms with Gasteiger partial charge < -0.3 is 30.6 Å². The molecular formula is C27H48O6. The first-order chi connectivity index (χ1) is 15.4. The van der Waals surface area contributed by atoms with Crippen LogP contribution < -0.4 is 0 Å². The quantitative estimate of drug-likeness (QED) is 0.356. The van der Waals surface area contributed by atoms with E-state index < -0.39 is 41.3 Å². The van der Waals surface area contributed by atoms with Crippen LogP contribution in [-0.2, 0) is 0 Å². The van der Waals surface area contributed by atoms with E-state index in [0.29, 0.717) is 12.8 Å². The lowest BCUT2D eigenvalue weighted by Crippen LogP contribution is -2.68. The maximum atomic E-state index is 12.3. The lowest BCUT2D eigenvalue weighted by Gasteiger charge is -2.65. The molecule has 6 nitrogen and oxygen atoms in total. The summed E-state index contributed by atoms with van der Waals surface area (Å²) >= 11 is 0. The van der Waals surface area contributed by atoms with Crippen molar-refractivity contribution < 1.29 is 30.6 Å². The summed E-state index contributed by atoms with van der Waals surface area (Å²) in [5.41, 5.74) is -1.90. The van der Waals surface area contributed by atoms with Crippen molar-refractivity contribution in [2.75, 3.05) is 6.61 Å². The normalized spacial score (nSPS) is 53.6. The van der Waals surface area contributed by atoms with Gasteiger partial charge in [-0.3, -0.25) is 0 Å². The highest BCUT2D eigenvalue weighted by atomic mass is 16.3. The Kier molecular flexibility index (Phi) is 7.05. The molecule has 4 rings (SSSR count). The highest BCUT2D eigenvalue weighted by Gasteiger charge is 2.72. The highest BCUT2D eigenvalue weighted by molar-refractivity contribution is 5.21. The number of fused-ring (bicyclic) bond motifs is 5. The predicted octanol–water partition coefficient (Wildman–Crippen LogP) is 2.47. The monoisotopic (exact) mass is 468 g/mol. The Morgan fingerprint density at radius 3 is 2.24 bits per heavy atom. The molecule has 0 aromatic heterocycles. The maximum absolute atomic E-state index is 12.3. The molecule has 4 fully saturated rings. The molecule has 4 aliphatic rings. The molecule has 0 amide bonds. The molecule has 192 valence electrons. The van der Waals surface area contributed by atoms with E-state index >= 15 is 0 Å². The van der Waals surface area contributed by atoms with Crippen molar-refractivity contribution in [1.82, 2.24) is 0 Å². The molecule has 0 bridgehead atoms. The zero-order valence-corrected chi connectivity index (χ0v) is 21.0. The summed E-state index contributed by atoms with van der Waals surface area (Å²) < 4.78 is 0. The Labute approximate surface area is 199 Å². The van der Waals surface area contributed by atoms with Gasteiger partial charge in [0.15, 0.2) is 0 Å². The number of aliphatic hydroxyl groups is 6. The molecule has 4 saturated carbocycles. The Morgan fingerprint density at radius 2 is 1.58 bits per heavy atom. The van der Waals surface area contributed by atoms with Crippen molar-refractivity contribution in [1.29, 1.82) is 0 Å². The molecule has 0 aromatic rings. The Bertz CT molecular complexity index is 702. The van der Waals surface area contributed by atoms with Crippen molar-refractivity contribution >= 4 is 0 Å². The molecule has 0 heterocycles. The first-order valence-corrected chi connectivity index (χ1v) is 13.5. The third-order valence-electron chi connectivity index (χ3n) is 11.1. The molecule has 0 spiro atoms. The van der Waals surface area contributed by atoms with Crippen molar-refractivity contribution in [3.8, 4) is 0 Å². The fraction of sp³-hybridized carbons (Fsp3) is 1.00. The minimum atomic E-state index is -1.22. The van der Waals surface area contributed by atoms with Crippen LogP contribution in [0.15, 0.2) is 0 Å². The topological polar surface area (TPSA) is 121 Å². The van der Waals surface area contributed by atoms with Gasteiger partial charge in [-0.1, -0.05) is 40.5 Å². The fourth-order valence-corrected chi connectivity index (χ4v) is 9.57. The third-order valence-corrected chi connectivity index (χ3v) is 11.1. The number of hydrogen-bond donors (Lipinski definition) is 6. The van der Waals surface area contributed by atoms with Gasteiger partial charge in [0.05, 0.1) is 30.0 Å². The van der Waals surface area contributed by atoms with Gasteiger partial charge in [0, 0.05) is 18.9 Å². The second-order valence-electron chi connectivity index (χ2n) is 13.1. The van der Waals surface area contributed by atoms with Crippen LogP contribution in [0.1, 0.15) is 85.5 Å². The van der Waals surface area contributed by atoms with Crippen LogP contribution in [0.2, 0.25) is 0 Å². The molecule has 6 heteroatoms. The summed E-state index contributed by atoms with van der Waals surface area (Å²) in [7, 11) is 0. The number of rotatable bonds is 6. The van der Waals surface area contributed by atoms with Crippen molar-refractivity contribution in [3.63, 3.8) is 0 Å². The Morgan fingerprint density at radius 1 is 0.909 bits per heavy atom. The van der Waals surface area contributed by atoms with Crippen molar-refractivity contribution in [3.05, 3.63) is 0 Å². The lowest BCUT2D eigenvalue weighted by atomic mass is 9.42. The van der Waals surface area contributed by atoms with E-state index in [4.69, 9.17) is 0 Å². The lowest BCUT2D eigenvalue weighted by molar-refractivity contribution is -0.264. The fourth-order valence-electron chi connectivity index (χ4n) is 9.57. The Balaban J connectivity index is 1.61. The molecule has 0 aromatic carbocycles. The van der Waals surface area contributed by atoms with Crippen LogP contribution in [0.5, 0.6) is 0 Å². The minimum absolute atomic E-state index is 0.0393. The summed E-state index contributed by atoms with van der Waals surface area (Å²) in [6, 6.07) is 0. The van der Waals surface area contributed by atoms with E-state index in [9.17, 15) is 30.6 Å². The average molecular weight is 469 g/mol. The third kappa shape index (κ3) is 3.92. The minimum Gasteiger partial charge on any atom is -0.396 e. The maximum Gasteiger partial charge on any atom is 0.0863 e. The second kappa shape index (κ2) is 9.01. The van der Waals surface area contributed by atoms with Gasteiger partial charge in [-0.05, 0) is 78.9 Å². The zero-order chi connectivity index (χ0) is 24.3. The van der Waals surface area contributed by atoms with E-state index in [0.717, 1.165) is 38.5 Å². The van der Waals surface area contributed by atoms with Crippen LogP contribution in [0.25, 0.3) is 0 Å². The molecule has 0 saturated heterocycles. The van der Waals surface area contributed by atoms with Gasteiger partial charge in [0.25, 0.3) is 0 Å². The standard InChI is InChI=1S/C27H48O6/c1-15(14-28)6-5-7-16(2)21-22(31)23(32)24-26(21,4)11-9-20-25(3)10-8-17(29)12-18(25)19(30)13-27(20,24)33/h15-24,28-33H,5-14H2,1-4H3/t15?,16-,17+,18-,19+,20-,21+,22+,23+,24-,25+,26-,27+/m1/s1. The van der Waals surface area contributed by atoms with Crippen LogP contribution in [-0.4, -0.2) is 67.3 Å². The SMILES string of the molecule is CC(CO)CCC[C@@H](C)[C@H]1[C@H](O)[C@H](O)[C@@H]2[C@]1(C)CC[C@@H]1[C@@]3(C)CC[C@H](O)C[C@@H]3[C@@H](O)C[C@]12O. The summed E-state index contributed by atoms with van der Waals surface area (Å²) in [6.07, 6.45) is 3.75. The largest absolute Gasteiger partial charge is 0.396 e. The molecule has 13 atom stereocenters. The first kappa shape index (κ1) is 25.8. The van der Waals surface area contributed by atoms with Crippen molar-refractivity contribution in [2.45, 2.75) is 115 Å². The first-order valence-electron chi connectivity index (χ1n) is 13.5. The molecular weight excluding hydrogens is 420 g/mol. The van der Waals surface area contributed by atoms with E-state index in [1.807, 2.05) is 6.92 Å². The van der Waals surface area contributed by atoms with Gasteiger partial charge in [0.2, 0.25) is 0 Å². The number of aliphatic hydroxyl groups excluding tert-OH is 5. The molecule has 6 N–H and O–H groups in total. The van der Waals surface area contributed by atoms with Gasteiger partial charge in [0.1, 0.15) is 0 Å². The second-order valence-corrected chi connectivity index (χ2v) is 13.1. The molecule has 4 aliphatic carbocycles. The van der Waals surface area contributed by atoms with E-state index in [1.165, 1.54) is 0 Å². The van der Waals surface area contributed by atoms with Gasteiger partial charge in [-0.15, -0.1) is 0 Å². The summed E-state index contributed by atoms with van der Waals surface area (Å²) in [5, 5.41) is 65.7. The predicted molar refractivity (Wildman–Crippen MR) is 126 cm³/mol. The summed E-state index contributed by atoms with van der Waals surface area (Å²) in [4.78, 5) is 0. The van der Waals surface area contributed by atoms with Crippen LogP contribution in [0.3, 0.4) is 0 Å². The molecule has 33 heavy (non-hydrogen) atoms. The van der Waals surface area contributed by atoms with Crippen LogP contribution in [0, 0.1) is 46.3 Å². The number of hydrogen-bond acceptors (Lipinski definition) is 6. The Hall–Kier alpha value is -0.240. The van der Waals surface area contributed by atoms with Crippen LogP contribution >= 0.6 is 0 Å². The highest BCUT2D eigenvalue weighted by Crippen LogP contribution is 2.69. The van der Waals surface area contributed by atoms with Gasteiger partial charge in [-0.2, -0.15) is 0 Å². The van der Waals surface area contributed by atoms with E-state index in [-0.39, 0.29) is 48.0 Å². The van der Waals surface area contributed by atoms with E-state index in [1.54, 1.807) is 0 Å². The van der Waals surface area contributed by atoms with Gasteiger partial charge >= 0.3 is 0 Å². The zero-order valence-electron chi connectivity index (χ0n) is 21.0. The summed E-state index contributed by atoms with van der Waals surface area (Å²) in [6.45, 7) is 8.70. The van der Waals surface area contributed by atoms with Gasteiger partial charge in [-0.25, -0.2) is 0 Å². The van der Waals surface area contributed by atoms with E-state index in [2.05, 4.69) is 20.8 Å². The molecule has 0 radical (unpaired) electrons.